The predicted molar refractivity (Wildman–Crippen MR) is 69.8 cm³/mol. The summed E-state index contributed by atoms with van der Waals surface area (Å²) in [4.78, 5) is 11.7. The van der Waals surface area contributed by atoms with Crippen LogP contribution in [0, 0.1) is 6.92 Å². The topological polar surface area (TPSA) is 58.6 Å². The van der Waals surface area contributed by atoms with E-state index in [1.54, 1.807) is 18.2 Å². The first-order valence-electron chi connectivity index (χ1n) is 5.36. The number of carbonyl (C=O) groups is 1. The maximum absolute atomic E-state index is 11.7. The van der Waals surface area contributed by atoms with Crippen LogP contribution in [-0.4, -0.2) is 36.1 Å². The van der Waals surface area contributed by atoms with E-state index >= 15 is 0 Å². The Kier molecular flexibility index (Phi) is 6.00. The van der Waals surface area contributed by atoms with E-state index < -0.39 is 0 Å². The van der Waals surface area contributed by atoms with Crippen molar-refractivity contribution in [3.63, 3.8) is 0 Å². The second-order valence-corrected chi connectivity index (χ2v) is 4.37. The number of carbonyl (C=O) groups excluding carboxylic acids is 1. The lowest BCUT2D eigenvalue weighted by Crippen LogP contribution is -2.27. The van der Waals surface area contributed by atoms with Gasteiger partial charge in [0.05, 0.1) is 18.8 Å². The summed E-state index contributed by atoms with van der Waals surface area (Å²) in [5.41, 5.74) is 1.20. The number of halogens is 1. The molecule has 1 aromatic rings. The summed E-state index contributed by atoms with van der Waals surface area (Å²) in [6.45, 7) is 3.37. The maximum atomic E-state index is 11.7. The number of phenols is 1. The largest absolute Gasteiger partial charge is 0.507 e. The van der Waals surface area contributed by atoms with E-state index in [0.717, 1.165) is 10.9 Å². The average Bonchev–Trinajstić information content (AvgIpc) is 2.28. The van der Waals surface area contributed by atoms with Gasteiger partial charge in [0, 0.05) is 11.9 Å². The highest BCUT2D eigenvalue weighted by molar-refractivity contribution is 9.09. The van der Waals surface area contributed by atoms with Crippen molar-refractivity contribution in [2.24, 2.45) is 0 Å². The highest BCUT2D eigenvalue weighted by Gasteiger charge is 2.09. The van der Waals surface area contributed by atoms with Gasteiger partial charge in [-0.3, -0.25) is 4.79 Å². The lowest BCUT2D eigenvalue weighted by atomic mass is 10.1. The van der Waals surface area contributed by atoms with Gasteiger partial charge in [0.15, 0.2) is 0 Å². The van der Waals surface area contributed by atoms with Gasteiger partial charge < -0.3 is 15.2 Å². The summed E-state index contributed by atoms with van der Waals surface area (Å²) in [5, 5.41) is 13.1. The van der Waals surface area contributed by atoms with Gasteiger partial charge in [-0.1, -0.05) is 22.0 Å². The second-order valence-electron chi connectivity index (χ2n) is 3.58. The molecule has 0 saturated carbocycles. The molecule has 17 heavy (non-hydrogen) atoms. The molecule has 1 rings (SSSR count). The fourth-order valence-electron chi connectivity index (χ4n) is 1.32. The molecule has 0 aliphatic rings. The number of nitrogens with one attached hydrogen (secondary N) is 1. The number of benzene rings is 1. The Morgan fingerprint density at radius 1 is 1.47 bits per heavy atom. The zero-order valence-electron chi connectivity index (χ0n) is 9.70. The van der Waals surface area contributed by atoms with E-state index in [9.17, 15) is 9.90 Å². The molecular weight excluding hydrogens is 286 g/mol. The first-order chi connectivity index (χ1) is 8.15. The molecule has 0 atom stereocenters. The summed E-state index contributed by atoms with van der Waals surface area (Å²) in [6, 6.07) is 4.96. The summed E-state index contributed by atoms with van der Waals surface area (Å²) in [7, 11) is 0. The number of amides is 1. The molecule has 0 heterocycles. The summed E-state index contributed by atoms with van der Waals surface area (Å²) in [5.74, 6) is -0.284. The molecule has 5 heteroatoms. The van der Waals surface area contributed by atoms with Crippen molar-refractivity contribution in [3.05, 3.63) is 29.3 Å². The fraction of sp³-hybridized carbons (Fsp3) is 0.417. The number of aromatic hydroxyl groups is 1. The van der Waals surface area contributed by atoms with Gasteiger partial charge in [-0.2, -0.15) is 0 Å². The van der Waals surface area contributed by atoms with Gasteiger partial charge in [-0.15, -0.1) is 0 Å². The average molecular weight is 302 g/mol. The van der Waals surface area contributed by atoms with Gasteiger partial charge in [0.25, 0.3) is 5.91 Å². The number of ether oxygens (including phenoxy) is 1. The quantitative estimate of drug-likeness (QED) is 0.623. The van der Waals surface area contributed by atoms with Gasteiger partial charge in [-0.25, -0.2) is 0 Å². The van der Waals surface area contributed by atoms with Crippen molar-refractivity contribution in [2.45, 2.75) is 6.92 Å². The molecule has 0 radical (unpaired) electrons. The molecule has 0 aromatic heterocycles. The van der Waals surface area contributed by atoms with E-state index in [-0.39, 0.29) is 17.2 Å². The number of hydrogen-bond donors (Lipinski definition) is 2. The van der Waals surface area contributed by atoms with E-state index in [1.807, 2.05) is 6.92 Å². The van der Waals surface area contributed by atoms with Crippen LogP contribution in [0.2, 0.25) is 0 Å². The molecular formula is C12H16BrNO3. The summed E-state index contributed by atoms with van der Waals surface area (Å²) < 4.78 is 5.19. The van der Waals surface area contributed by atoms with Crippen molar-refractivity contribution < 1.29 is 14.6 Å². The molecule has 0 spiro atoms. The van der Waals surface area contributed by atoms with Crippen LogP contribution in [0.3, 0.4) is 0 Å². The third kappa shape index (κ3) is 4.75. The van der Waals surface area contributed by atoms with Crippen LogP contribution in [0.25, 0.3) is 0 Å². The molecule has 1 aromatic carbocycles. The molecule has 2 N–H and O–H groups in total. The van der Waals surface area contributed by atoms with Crippen molar-refractivity contribution in [2.75, 3.05) is 25.1 Å². The Morgan fingerprint density at radius 3 is 2.88 bits per heavy atom. The maximum Gasteiger partial charge on any atom is 0.255 e. The molecule has 0 bridgehead atoms. The Morgan fingerprint density at radius 2 is 2.24 bits per heavy atom. The predicted octanol–water partition coefficient (Wildman–Crippen LogP) is 1.84. The zero-order valence-corrected chi connectivity index (χ0v) is 11.3. The number of hydrogen-bond acceptors (Lipinski definition) is 3. The van der Waals surface area contributed by atoms with Crippen molar-refractivity contribution in [1.82, 2.24) is 5.32 Å². The van der Waals surface area contributed by atoms with Crippen molar-refractivity contribution >= 4 is 21.8 Å². The highest BCUT2D eigenvalue weighted by Crippen LogP contribution is 2.17. The standard InChI is InChI=1S/C12H16BrNO3/c1-9-2-3-10(11(15)8-9)12(16)14-5-7-17-6-4-13/h2-3,8,15H,4-7H2,1H3,(H,14,16). The van der Waals surface area contributed by atoms with Gasteiger partial charge in [-0.05, 0) is 24.6 Å². The van der Waals surface area contributed by atoms with Crippen molar-refractivity contribution in [1.29, 1.82) is 0 Å². The van der Waals surface area contributed by atoms with Crippen LogP contribution in [0.15, 0.2) is 18.2 Å². The lowest BCUT2D eigenvalue weighted by molar-refractivity contribution is 0.0921. The smallest absolute Gasteiger partial charge is 0.255 e. The Hall–Kier alpha value is -1.07. The monoisotopic (exact) mass is 301 g/mol. The SMILES string of the molecule is Cc1ccc(C(=O)NCCOCCBr)c(O)c1. The molecule has 4 nitrogen and oxygen atoms in total. The number of alkyl halides is 1. The summed E-state index contributed by atoms with van der Waals surface area (Å²) >= 11 is 3.24. The molecule has 0 aliphatic carbocycles. The van der Waals surface area contributed by atoms with Gasteiger partial charge in [0.1, 0.15) is 5.75 Å². The van der Waals surface area contributed by atoms with E-state index in [0.29, 0.717) is 19.8 Å². The first-order valence-corrected chi connectivity index (χ1v) is 6.49. The first kappa shape index (κ1) is 14.0. The van der Waals surface area contributed by atoms with Crippen LogP contribution in [0.5, 0.6) is 5.75 Å². The Bertz CT molecular complexity index is 382. The number of rotatable bonds is 6. The Labute approximate surface area is 109 Å². The van der Waals surface area contributed by atoms with Crippen molar-refractivity contribution in [3.8, 4) is 5.75 Å². The van der Waals surface area contributed by atoms with E-state index in [2.05, 4.69) is 21.2 Å². The minimum atomic E-state index is -0.287. The summed E-state index contributed by atoms with van der Waals surface area (Å²) in [6.07, 6.45) is 0. The number of aryl methyl sites for hydroxylation is 1. The molecule has 0 aliphatic heterocycles. The molecule has 0 fully saturated rings. The zero-order chi connectivity index (χ0) is 12.7. The van der Waals surface area contributed by atoms with Crippen LogP contribution in [0.1, 0.15) is 15.9 Å². The molecule has 1 amide bonds. The number of phenolic OH excluding ortho intramolecular Hbond substituents is 1. The van der Waals surface area contributed by atoms with Gasteiger partial charge >= 0.3 is 0 Å². The molecule has 0 unspecified atom stereocenters. The Balaban J connectivity index is 2.42. The van der Waals surface area contributed by atoms with E-state index in [4.69, 9.17) is 4.74 Å². The van der Waals surface area contributed by atoms with E-state index in [1.165, 1.54) is 0 Å². The second kappa shape index (κ2) is 7.29. The van der Waals surface area contributed by atoms with Gasteiger partial charge in [0.2, 0.25) is 0 Å². The van der Waals surface area contributed by atoms with Crippen LogP contribution in [0.4, 0.5) is 0 Å². The lowest BCUT2D eigenvalue weighted by Gasteiger charge is -2.07. The van der Waals surface area contributed by atoms with Crippen LogP contribution < -0.4 is 5.32 Å². The minimum absolute atomic E-state index is 0.00359. The molecule has 94 valence electrons. The third-order valence-electron chi connectivity index (χ3n) is 2.15. The fourth-order valence-corrected chi connectivity index (χ4v) is 1.55. The molecule has 0 saturated heterocycles. The highest BCUT2D eigenvalue weighted by atomic mass is 79.9. The minimum Gasteiger partial charge on any atom is -0.507 e. The van der Waals surface area contributed by atoms with Crippen LogP contribution >= 0.6 is 15.9 Å². The normalized spacial score (nSPS) is 10.2. The third-order valence-corrected chi connectivity index (χ3v) is 2.48. The van der Waals surface area contributed by atoms with Crippen LogP contribution in [-0.2, 0) is 4.74 Å².